The summed E-state index contributed by atoms with van der Waals surface area (Å²) in [4.78, 5) is 9.51. The van der Waals surface area contributed by atoms with Crippen LogP contribution in [0.5, 0.6) is 0 Å². The summed E-state index contributed by atoms with van der Waals surface area (Å²) in [5, 5.41) is 7.29. The van der Waals surface area contributed by atoms with E-state index in [1.807, 2.05) is 18.2 Å². The highest BCUT2D eigenvalue weighted by molar-refractivity contribution is 5.85. The maximum Gasteiger partial charge on any atom is 0.159 e. The maximum atomic E-state index is 4.86. The number of aromatic nitrogens is 2. The van der Waals surface area contributed by atoms with Crippen molar-refractivity contribution in [1.29, 1.82) is 0 Å². The topological polar surface area (TPSA) is 49.8 Å². The lowest BCUT2D eigenvalue weighted by atomic mass is 9.90. The van der Waals surface area contributed by atoms with E-state index in [1.165, 1.54) is 36.9 Å². The number of piperidine rings is 1. The van der Waals surface area contributed by atoms with Gasteiger partial charge in [0, 0.05) is 35.1 Å². The molecule has 1 atom stereocenters. The van der Waals surface area contributed by atoms with Crippen molar-refractivity contribution in [2.45, 2.75) is 44.2 Å². The van der Waals surface area contributed by atoms with Gasteiger partial charge in [0.2, 0.25) is 0 Å². The minimum Gasteiger partial charge on any atom is -0.317 e. The quantitative estimate of drug-likeness (QED) is 0.851. The first-order chi connectivity index (χ1) is 11.4. The molecule has 25 heavy (non-hydrogen) atoms. The number of nitrogens with zero attached hydrogens (tertiary/aromatic N) is 2. The van der Waals surface area contributed by atoms with Gasteiger partial charge in [-0.3, -0.25) is 0 Å². The van der Waals surface area contributed by atoms with Gasteiger partial charge in [-0.1, -0.05) is 30.3 Å². The molecule has 1 aliphatic heterocycles. The van der Waals surface area contributed by atoms with Gasteiger partial charge in [0.25, 0.3) is 0 Å². The zero-order chi connectivity index (χ0) is 15.5. The molecule has 1 saturated heterocycles. The van der Waals surface area contributed by atoms with Crippen LogP contribution in [0.2, 0.25) is 0 Å². The van der Waals surface area contributed by atoms with E-state index >= 15 is 0 Å². The average Bonchev–Trinajstić information content (AvgIpc) is 2.63. The van der Waals surface area contributed by atoms with Gasteiger partial charge in [-0.25, -0.2) is 9.97 Å². The average molecular weight is 381 g/mol. The van der Waals surface area contributed by atoms with E-state index in [1.54, 1.807) is 0 Å². The number of nitrogens with one attached hydrogen (secondary N) is 2. The van der Waals surface area contributed by atoms with Gasteiger partial charge in [-0.2, -0.15) is 0 Å². The van der Waals surface area contributed by atoms with Crippen molar-refractivity contribution in [2.75, 3.05) is 13.1 Å². The molecule has 2 heterocycles. The number of halogens is 2. The first kappa shape index (κ1) is 20.1. The first-order valence-corrected chi connectivity index (χ1v) is 8.78. The third-order valence-corrected chi connectivity index (χ3v) is 4.99. The van der Waals surface area contributed by atoms with Crippen LogP contribution in [0.3, 0.4) is 0 Å². The Bertz CT molecular complexity index is 660. The van der Waals surface area contributed by atoms with Crippen LogP contribution in [-0.4, -0.2) is 29.1 Å². The zero-order valence-electron chi connectivity index (χ0n) is 14.3. The number of hydrogen-bond donors (Lipinski definition) is 2. The second-order valence-electron chi connectivity index (χ2n) is 6.60. The minimum absolute atomic E-state index is 0. The van der Waals surface area contributed by atoms with Crippen LogP contribution in [0.25, 0.3) is 11.4 Å². The van der Waals surface area contributed by atoms with Crippen LogP contribution in [0, 0.1) is 0 Å². The molecule has 0 saturated carbocycles. The third-order valence-electron chi connectivity index (χ3n) is 4.99. The fourth-order valence-electron chi connectivity index (χ4n) is 3.72. The Balaban J connectivity index is 0.00000113. The maximum absolute atomic E-state index is 4.86. The molecular formula is C19H26Cl2N4. The molecule has 0 spiro atoms. The highest BCUT2D eigenvalue weighted by Crippen LogP contribution is 2.30. The fourth-order valence-corrected chi connectivity index (χ4v) is 3.72. The second kappa shape index (κ2) is 9.48. The van der Waals surface area contributed by atoms with Gasteiger partial charge in [0.1, 0.15) is 0 Å². The normalized spacial score (nSPS) is 20.1. The van der Waals surface area contributed by atoms with E-state index in [9.17, 15) is 0 Å². The van der Waals surface area contributed by atoms with Crippen LogP contribution in [0.15, 0.2) is 36.5 Å². The molecule has 1 aromatic carbocycles. The van der Waals surface area contributed by atoms with Crippen molar-refractivity contribution in [2.24, 2.45) is 0 Å². The van der Waals surface area contributed by atoms with E-state index in [0.29, 0.717) is 12.1 Å². The molecular weight excluding hydrogens is 355 g/mol. The Labute approximate surface area is 162 Å². The molecule has 1 aromatic heterocycles. The Morgan fingerprint density at radius 1 is 1.00 bits per heavy atom. The molecule has 2 aromatic rings. The zero-order valence-corrected chi connectivity index (χ0v) is 15.9. The molecule has 2 aliphatic rings. The second-order valence-corrected chi connectivity index (χ2v) is 6.60. The summed E-state index contributed by atoms with van der Waals surface area (Å²) < 4.78 is 0. The molecule has 6 heteroatoms. The highest BCUT2D eigenvalue weighted by Gasteiger charge is 2.25. The number of hydrogen-bond acceptors (Lipinski definition) is 4. The SMILES string of the molecule is Cl.Cl.c1ccc(-c2ncc3c(n2)CCCC3NC2CCNCC2)cc1. The summed E-state index contributed by atoms with van der Waals surface area (Å²) in [6.45, 7) is 2.25. The minimum atomic E-state index is 0. The number of rotatable bonds is 3. The molecule has 0 bridgehead atoms. The number of benzene rings is 1. The molecule has 4 rings (SSSR count). The molecule has 1 aliphatic carbocycles. The van der Waals surface area contributed by atoms with E-state index in [4.69, 9.17) is 4.98 Å². The van der Waals surface area contributed by atoms with Crippen LogP contribution in [-0.2, 0) is 6.42 Å². The van der Waals surface area contributed by atoms with Crippen molar-refractivity contribution in [1.82, 2.24) is 20.6 Å². The lowest BCUT2D eigenvalue weighted by Gasteiger charge is -2.32. The number of aryl methyl sites for hydroxylation is 1. The Hall–Kier alpha value is -1.20. The predicted octanol–water partition coefficient (Wildman–Crippen LogP) is 3.71. The van der Waals surface area contributed by atoms with Crippen LogP contribution in [0.1, 0.15) is 43.0 Å². The molecule has 2 N–H and O–H groups in total. The van der Waals surface area contributed by atoms with Crippen LogP contribution in [0.4, 0.5) is 0 Å². The Morgan fingerprint density at radius 3 is 2.52 bits per heavy atom. The molecule has 0 amide bonds. The summed E-state index contributed by atoms with van der Waals surface area (Å²) >= 11 is 0. The standard InChI is InChI=1S/C19H24N4.2ClH/c1-2-5-14(6-3-1)19-21-13-16-17(7-4-8-18(16)23-19)22-15-9-11-20-12-10-15;;/h1-3,5-6,13,15,17,20,22H,4,7-12H2;2*1H. The number of fused-ring (bicyclic) bond motifs is 1. The van der Waals surface area contributed by atoms with Crippen LogP contribution >= 0.6 is 24.8 Å². The largest absolute Gasteiger partial charge is 0.317 e. The van der Waals surface area contributed by atoms with Crippen molar-refractivity contribution in [3.05, 3.63) is 47.8 Å². The monoisotopic (exact) mass is 380 g/mol. The highest BCUT2D eigenvalue weighted by atomic mass is 35.5. The van der Waals surface area contributed by atoms with Gasteiger partial charge in [-0.05, 0) is 45.2 Å². The summed E-state index contributed by atoms with van der Waals surface area (Å²) in [6, 6.07) is 11.3. The molecule has 4 nitrogen and oxygen atoms in total. The van der Waals surface area contributed by atoms with Gasteiger partial charge in [0.15, 0.2) is 5.82 Å². The van der Waals surface area contributed by atoms with Crippen molar-refractivity contribution >= 4 is 24.8 Å². The Morgan fingerprint density at radius 2 is 1.76 bits per heavy atom. The fraction of sp³-hybridized carbons (Fsp3) is 0.474. The van der Waals surface area contributed by atoms with Crippen LogP contribution < -0.4 is 10.6 Å². The predicted molar refractivity (Wildman–Crippen MR) is 107 cm³/mol. The smallest absolute Gasteiger partial charge is 0.159 e. The van der Waals surface area contributed by atoms with Gasteiger partial charge >= 0.3 is 0 Å². The third kappa shape index (κ3) is 4.70. The van der Waals surface area contributed by atoms with Gasteiger partial charge in [-0.15, -0.1) is 24.8 Å². The lowest BCUT2D eigenvalue weighted by Crippen LogP contribution is -2.42. The summed E-state index contributed by atoms with van der Waals surface area (Å²) in [5.74, 6) is 0.854. The van der Waals surface area contributed by atoms with E-state index in [2.05, 4.69) is 33.9 Å². The van der Waals surface area contributed by atoms with Crippen molar-refractivity contribution in [3.63, 3.8) is 0 Å². The van der Waals surface area contributed by atoms with E-state index < -0.39 is 0 Å². The molecule has 1 unspecified atom stereocenters. The lowest BCUT2D eigenvalue weighted by molar-refractivity contribution is 0.329. The summed E-state index contributed by atoms with van der Waals surface area (Å²) in [7, 11) is 0. The summed E-state index contributed by atoms with van der Waals surface area (Å²) in [6.07, 6.45) is 7.97. The Kier molecular flexibility index (Phi) is 7.63. The molecule has 136 valence electrons. The van der Waals surface area contributed by atoms with Gasteiger partial charge < -0.3 is 10.6 Å². The van der Waals surface area contributed by atoms with Gasteiger partial charge in [0.05, 0.1) is 0 Å². The molecule has 0 radical (unpaired) electrons. The van der Waals surface area contributed by atoms with E-state index in [-0.39, 0.29) is 24.8 Å². The first-order valence-electron chi connectivity index (χ1n) is 8.78. The molecule has 1 fully saturated rings. The summed E-state index contributed by atoms with van der Waals surface area (Å²) in [5.41, 5.74) is 3.65. The van der Waals surface area contributed by atoms with E-state index in [0.717, 1.165) is 30.9 Å². The van der Waals surface area contributed by atoms with Crippen molar-refractivity contribution in [3.8, 4) is 11.4 Å². The van der Waals surface area contributed by atoms with Crippen molar-refractivity contribution < 1.29 is 0 Å².